The number of halogens is 4. The highest BCUT2D eigenvalue weighted by Crippen LogP contribution is 2.32. The Morgan fingerprint density at radius 3 is 2.52 bits per heavy atom. The van der Waals surface area contributed by atoms with Crippen LogP contribution in [0.4, 0.5) is 17.6 Å². The zero-order valence-corrected chi connectivity index (χ0v) is 15.3. The zero-order valence-electron chi connectivity index (χ0n) is 15.3. The lowest BCUT2D eigenvalue weighted by Gasteiger charge is -2.22. The molecule has 0 saturated heterocycles. The summed E-state index contributed by atoms with van der Waals surface area (Å²) in [7, 11) is 0. The molecule has 3 aromatic rings. The van der Waals surface area contributed by atoms with E-state index < -0.39 is 23.9 Å². The lowest BCUT2D eigenvalue weighted by molar-refractivity contribution is -0.163. The van der Waals surface area contributed by atoms with E-state index in [9.17, 15) is 27.2 Å². The van der Waals surface area contributed by atoms with Gasteiger partial charge in [-0.2, -0.15) is 13.2 Å². The van der Waals surface area contributed by atoms with Gasteiger partial charge in [-0.25, -0.2) is 9.37 Å². The van der Waals surface area contributed by atoms with Crippen molar-refractivity contribution in [2.75, 3.05) is 0 Å². The number of aryl methyl sites for hydroxylation is 2. The number of nitrogens with one attached hydrogen (secondary N) is 1. The molecule has 1 aromatic heterocycles. The smallest absolute Gasteiger partial charge is 0.341 e. The predicted octanol–water partition coefficient (Wildman–Crippen LogP) is 3.65. The highest BCUT2D eigenvalue weighted by Gasteiger charge is 2.41. The monoisotopic (exact) mass is 407 g/mol. The number of benzene rings is 2. The fourth-order valence-corrected chi connectivity index (χ4v) is 2.96. The quantitative estimate of drug-likeness (QED) is 0.657. The van der Waals surface area contributed by atoms with Crippen LogP contribution in [-0.4, -0.2) is 21.6 Å². The Hall–Kier alpha value is -3.23. The second kappa shape index (κ2) is 8.02. The molecule has 1 unspecified atom stereocenters. The van der Waals surface area contributed by atoms with Gasteiger partial charge in [-0.15, -0.1) is 0 Å². The fourth-order valence-electron chi connectivity index (χ4n) is 2.96. The molecule has 9 heteroatoms. The average Bonchev–Trinajstić information content (AvgIpc) is 2.66. The van der Waals surface area contributed by atoms with E-state index in [1.165, 1.54) is 10.9 Å². The van der Waals surface area contributed by atoms with Crippen molar-refractivity contribution in [1.82, 2.24) is 14.9 Å². The molecule has 1 heterocycles. The van der Waals surface area contributed by atoms with Gasteiger partial charge in [0.2, 0.25) is 5.91 Å². The second-order valence-electron chi connectivity index (χ2n) is 6.56. The van der Waals surface area contributed by atoms with Gasteiger partial charge in [0.05, 0.1) is 17.2 Å². The number of hydrogen-bond donors (Lipinski definition) is 1. The summed E-state index contributed by atoms with van der Waals surface area (Å²) in [5.41, 5.74) is 0.688. The minimum atomic E-state index is -4.76. The predicted molar refractivity (Wildman–Crippen MR) is 98.7 cm³/mol. The van der Waals surface area contributed by atoms with Crippen LogP contribution < -0.4 is 10.9 Å². The van der Waals surface area contributed by atoms with Crippen molar-refractivity contribution in [2.45, 2.75) is 32.1 Å². The summed E-state index contributed by atoms with van der Waals surface area (Å²) in [4.78, 5) is 28.8. The molecule has 0 spiro atoms. The average molecular weight is 407 g/mol. The summed E-state index contributed by atoms with van der Waals surface area (Å²) in [6, 6.07) is 6.55. The van der Waals surface area contributed by atoms with Crippen LogP contribution in [0.25, 0.3) is 10.9 Å². The van der Waals surface area contributed by atoms with Crippen molar-refractivity contribution in [1.29, 1.82) is 0 Å². The van der Waals surface area contributed by atoms with E-state index in [0.29, 0.717) is 10.9 Å². The third-order valence-electron chi connectivity index (χ3n) is 4.47. The molecule has 3 rings (SSSR count). The summed E-state index contributed by atoms with van der Waals surface area (Å²) in [5, 5.41) is 2.27. The number of para-hydroxylation sites is 1. The van der Waals surface area contributed by atoms with Gasteiger partial charge in [0.25, 0.3) is 5.56 Å². The van der Waals surface area contributed by atoms with Gasteiger partial charge in [-0.05, 0) is 36.2 Å². The van der Waals surface area contributed by atoms with Gasteiger partial charge < -0.3 is 5.32 Å². The number of fused-ring (bicyclic) bond motifs is 1. The van der Waals surface area contributed by atoms with Crippen molar-refractivity contribution >= 4 is 16.8 Å². The van der Waals surface area contributed by atoms with Gasteiger partial charge in [0.1, 0.15) is 5.82 Å². The molecule has 0 bridgehead atoms. The van der Waals surface area contributed by atoms with E-state index >= 15 is 0 Å². The van der Waals surface area contributed by atoms with Crippen molar-refractivity contribution in [3.63, 3.8) is 0 Å². The molecule has 29 heavy (non-hydrogen) atoms. The van der Waals surface area contributed by atoms with E-state index in [0.717, 1.165) is 29.8 Å². The Morgan fingerprint density at radius 1 is 1.17 bits per heavy atom. The summed E-state index contributed by atoms with van der Waals surface area (Å²) in [5.74, 6) is -1.58. The molecule has 152 valence electrons. The van der Waals surface area contributed by atoms with Crippen LogP contribution in [0.15, 0.2) is 53.6 Å². The maximum atomic E-state index is 13.3. The van der Waals surface area contributed by atoms with Crippen LogP contribution in [0.3, 0.4) is 0 Å². The molecule has 5 nitrogen and oxygen atoms in total. The fraction of sp³-hybridized carbons (Fsp3) is 0.250. The van der Waals surface area contributed by atoms with Gasteiger partial charge in [0, 0.05) is 13.0 Å². The molecule has 0 saturated carbocycles. The number of aromatic nitrogens is 2. The van der Waals surface area contributed by atoms with Gasteiger partial charge >= 0.3 is 6.18 Å². The standard InChI is InChI=1S/C20H17F4N3O2/c1-12-3-2-4-15-17(12)25-11-27(19(15)29)10-9-16(28)26-18(20(22,23)24)13-5-7-14(21)8-6-13/h2-8,11,18H,9-10H2,1H3,(H,26,28). The number of alkyl halides is 3. The Kier molecular flexibility index (Phi) is 5.67. The van der Waals surface area contributed by atoms with E-state index in [1.807, 2.05) is 5.32 Å². The van der Waals surface area contributed by atoms with Crippen molar-refractivity contribution < 1.29 is 22.4 Å². The number of amides is 1. The number of carbonyl (C=O) groups excluding carboxylic acids is 1. The Balaban J connectivity index is 1.74. The first-order valence-electron chi connectivity index (χ1n) is 8.73. The van der Waals surface area contributed by atoms with Crippen LogP contribution in [0, 0.1) is 12.7 Å². The molecule has 1 N–H and O–H groups in total. The van der Waals surface area contributed by atoms with E-state index in [-0.39, 0.29) is 24.1 Å². The third kappa shape index (κ3) is 4.61. The van der Waals surface area contributed by atoms with Crippen molar-refractivity contribution in [3.8, 4) is 0 Å². The Labute approximate surface area is 163 Å². The number of hydrogen-bond acceptors (Lipinski definition) is 3. The molecule has 1 amide bonds. The summed E-state index contributed by atoms with van der Waals surface area (Å²) in [6.07, 6.45) is -3.84. The van der Waals surface area contributed by atoms with Gasteiger partial charge in [-0.3, -0.25) is 14.2 Å². The van der Waals surface area contributed by atoms with Gasteiger partial charge in [-0.1, -0.05) is 24.3 Å². The SMILES string of the molecule is Cc1cccc2c(=O)n(CCC(=O)NC(c3ccc(F)cc3)C(F)(F)F)cnc12. The van der Waals surface area contributed by atoms with Crippen molar-refractivity contribution in [2.24, 2.45) is 0 Å². The second-order valence-corrected chi connectivity index (χ2v) is 6.56. The molecule has 0 aliphatic rings. The molecule has 1 atom stereocenters. The molecule has 0 radical (unpaired) electrons. The van der Waals surface area contributed by atoms with Crippen LogP contribution in [0.1, 0.15) is 23.6 Å². The highest BCUT2D eigenvalue weighted by molar-refractivity contribution is 5.80. The highest BCUT2D eigenvalue weighted by atomic mass is 19.4. The molecule has 2 aromatic carbocycles. The maximum Gasteiger partial charge on any atom is 0.412 e. The first kappa shape index (κ1) is 20.5. The molecular formula is C20H17F4N3O2. The largest absolute Gasteiger partial charge is 0.412 e. The lowest BCUT2D eigenvalue weighted by Crippen LogP contribution is -2.38. The van der Waals surface area contributed by atoms with E-state index in [2.05, 4.69) is 4.98 Å². The van der Waals surface area contributed by atoms with E-state index in [4.69, 9.17) is 0 Å². The molecule has 0 fully saturated rings. The number of nitrogens with zero attached hydrogens (tertiary/aromatic N) is 2. The van der Waals surface area contributed by atoms with Crippen molar-refractivity contribution in [3.05, 3.63) is 76.1 Å². The first-order chi connectivity index (χ1) is 13.7. The summed E-state index contributed by atoms with van der Waals surface area (Å²) in [6.45, 7) is 1.68. The van der Waals surface area contributed by atoms with E-state index in [1.54, 1.807) is 25.1 Å². The number of rotatable bonds is 5. The minimum Gasteiger partial charge on any atom is -0.341 e. The van der Waals surface area contributed by atoms with Crippen LogP contribution in [0.5, 0.6) is 0 Å². The minimum absolute atomic E-state index is 0.129. The summed E-state index contributed by atoms with van der Waals surface area (Å²) < 4.78 is 54.2. The lowest BCUT2D eigenvalue weighted by atomic mass is 10.1. The molecule has 0 aliphatic carbocycles. The summed E-state index contributed by atoms with van der Waals surface area (Å²) >= 11 is 0. The molecule has 0 aliphatic heterocycles. The topological polar surface area (TPSA) is 64.0 Å². The molecular weight excluding hydrogens is 390 g/mol. The Bertz CT molecular complexity index is 1090. The first-order valence-corrected chi connectivity index (χ1v) is 8.73. The van der Waals surface area contributed by atoms with Crippen LogP contribution >= 0.6 is 0 Å². The Morgan fingerprint density at radius 2 is 1.86 bits per heavy atom. The maximum absolute atomic E-state index is 13.3. The van der Waals surface area contributed by atoms with Gasteiger partial charge in [0.15, 0.2) is 6.04 Å². The third-order valence-corrected chi connectivity index (χ3v) is 4.47. The zero-order chi connectivity index (χ0) is 21.2. The van der Waals surface area contributed by atoms with Crippen LogP contribution in [-0.2, 0) is 11.3 Å². The number of carbonyl (C=O) groups is 1. The van der Waals surface area contributed by atoms with Crippen LogP contribution in [0.2, 0.25) is 0 Å². The normalized spacial score (nSPS) is 12.7.